The fourth-order valence-electron chi connectivity index (χ4n) is 2.28. The van der Waals surface area contributed by atoms with Gasteiger partial charge in [0.25, 0.3) is 5.91 Å². The standard InChI is InChI=1S/C15H17N3O2/c19-15(16-9-13-7-4-8-20-13)14-10-18(11-17-14)12-5-2-1-3-6-12/h1-3,5-6,10-11,13H,4,7-9H2,(H,16,19)/t13-/m1/s1. The van der Waals surface area contributed by atoms with E-state index in [1.807, 2.05) is 34.9 Å². The molecule has 5 heteroatoms. The molecule has 1 atom stereocenters. The first-order chi connectivity index (χ1) is 9.83. The zero-order chi connectivity index (χ0) is 13.8. The number of benzene rings is 1. The van der Waals surface area contributed by atoms with E-state index in [4.69, 9.17) is 4.74 Å². The minimum Gasteiger partial charge on any atom is -0.376 e. The number of nitrogens with one attached hydrogen (secondary N) is 1. The number of imidazole rings is 1. The summed E-state index contributed by atoms with van der Waals surface area (Å²) in [4.78, 5) is 16.2. The van der Waals surface area contributed by atoms with E-state index in [9.17, 15) is 4.79 Å². The van der Waals surface area contributed by atoms with Crippen molar-refractivity contribution in [3.63, 3.8) is 0 Å². The summed E-state index contributed by atoms with van der Waals surface area (Å²) >= 11 is 0. The third-order valence-electron chi connectivity index (χ3n) is 3.38. The lowest BCUT2D eigenvalue weighted by Crippen LogP contribution is -2.31. The van der Waals surface area contributed by atoms with Gasteiger partial charge in [-0.15, -0.1) is 0 Å². The zero-order valence-electron chi connectivity index (χ0n) is 11.2. The fraction of sp³-hybridized carbons (Fsp3) is 0.333. The Hall–Kier alpha value is -2.14. The van der Waals surface area contributed by atoms with Crippen LogP contribution >= 0.6 is 0 Å². The number of nitrogens with zero attached hydrogens (tertiary/aromatic N) is 2. The smallest absolute Gasteiger partial charge is 0.271 e. The highest BCUT2D eigenvalue weighted by Gasteiger charge is 2.17. The Morgan fingerprint density at radius 3 is 3.00 bits per heavy atom. The molecule has 1 aromatic carbocycles. The Labute approximate surface area is 117 Å². The van der Waals surface area contributed by atoms with Crippen LogP contribution in [0.4, 0.5) is 0 Å². The molecule has 20 heavy (non-hydrogen) atoms. The van der Waals surface area contributed by atoms with Crippen LogP contribution in [0.3, 0.4) is 0 Å². The molecule has 0 radical (unpaired) electrons. The van der Waals surface area contributed by atoms with Crippen molar-refractivity contribution in [3.05, 3.63) is 48.5 Å². The molecule has 2 aromatic rings. The predicted octanol–water partition coefficient (Wildman–Crippen LogP) is 1.78. The normalized spacial score (nSPS) is 18.1. The maximum Gasteiger partial charge on any atom is 0.271 e. The molecule has 0 spiro atoms. The summed E-state index contributed by atoms with van der Waals surface area (Å²) in [5.41, 5.74) is 1.41. The Bertz CT molecular complexity index is 574. The molecule has 0 unspecified atom stereocenters. The van der Waals surface area contributed by atoms with E-state index in [-0.39, 0.29) is 12.0 Å². The molecule has 1 amide bonds. The zero-order valence-corrected chi connectivity index (χ0v) is 11.2. The van der Waals surface area contributed by atoms with Gasteiger partial charge in [-0.25, -0.2) is 4.98 Å². The summed E-state index contributed by atoms with van der Waals surface area (Å²) in [7, 11) is 0. The number of hydrogen-bond acceptors (Lipinski definition) is 3. The summed E-state index contributed by atoms with van der Waals surface area (Å²) < 4.78 is 7.31. The van der Waals surface area contributed by atoms with Crippen molar-refractivity contribution in [1.82, 2.24) is 14.9 Å². The number of carbonyl (C=O) groups is 1. The van der Waals surface area contributed by atoms with Gasteiger partial charge in [-0.2, -0.15) is 0 Å². The molecule has 1 aliphatic rings. The van der Waals surface area contributed by atoms with E-state index in [2.05, 4.69) is 10.3 Å². The van der Waals surface area contributed by atoms with Crippen LogP contribution < -0.4 is 5.32 Å². The average molecular weight is 271 g/mol. The van der Waals surface area contributed by atoms with Crippen molar-refractivity contribution in [2.24, 2.45) is 0 Å². The van der Waals surface area contributed by atoms with Crippen LogP contribution in [0.5, 0.6) is 0 Å². The highest BCUT2D eigenvalue weighted by Crippen LogP contribution is 2.11. The van der Waals surface area contributed by atoms with Crippen LogP contribution in [0.15, 0.2) is 42.9 Å². The molecular weight excluding hydrogens is 254 g/mol. The number of carbonyl (C=O) groups excluding carboxylic acids is 1. The first kappa shape index (κ1) is 12.9. The van der Waals surface area contributed by atoms with Crippen LogP contribution in [-0.2, 0) is 4.74 Å². The number of aromatic nitrogens is 2. The van der Waals surface area contributed by atoms with E-state index < -0.39 is 0 Å². The lowest BCUT2D eigenvalue weighted by Gasteiger charge is -2.09. The second kappa shape index (κ2) is 5.88. The molecular formula is C15H17N3O2. The third kappa shape index (κ3) is 2.88. The molecule has 1 aromatic heterocycles. The van der Waals surface area contributed by atoms with Gasteiger partial charge >= 0.3 is 0 Å². The van der Waals surface area contributed by atoms with Crippen LogP contribution in [-0.4, -0.2) is 34.7 Å². The molecule has 1 fully saturated rings. The lowest BCUT2D eigenvalue weighted by atomic mass is 10.2. The maximum absolute atomic E-state index is 12.0. The van der Waals surface area contributed by atoms with E-state index in [0.717, 1.165) is 25.1 Å². The van der Waals surface area contributed by atoms with Gasteiger partial charge in [0.2, 0.25) is 0 Å². The fourth-order valence-corrected chi connectivity index (χ4v) is 2.28. The number of ether oxygens (including phenoxy) is 1. The van der Waals surface area contributed by atoms with Gasteiger partial charge in [-0.3, -0.25) is 4.79 Å². The Balaban J connectivity index is 1.62. The first-order valence-corrected chi connectivity index (χ1v) is 6.82. The van der Waals surface area contributed by atoms with Gasteiger partial charge in [0.15, 0.2) is 0 Å². The summed E-state index contributed by atoms with van der Waals surface area (Å²) in [6.45, 7) is 1.35. The minimum atomic E-state index is -0.157. The largest absolute Gasteiger partial charge is 0.376 e. The van der Waals surface area contributed by atoms with Gasteiger partial charge in [-0.05, 0) is 25.0 Å². The molecule has 3 rings (SSSR count). The van der Waals surface area contributed by atoms with Crippen LogP contribution in [0.1, 0.15) is 23.3 Å². The van der Waals surface area contributed by atoms with Crippen molar-refractivity contribution >= 4 is 5.91 Å². The van der Waals surface area contributed by atoms with Gasteiger partial charge < -0.3 is 14.6 Å². The SMILES string of the molecule is O=C(NC[C@H]1CCCO1)c1cn(-c2ccccc2)cn1. The second-order valence-electron chi connectivity index (χ2n) is 4.85. The molecule has 2 heterocycles. The van der Waals surface area contributed by atoms with Crippen molar-refractivity contribution in [2.75, 3.05) is 13.2 Å². The first-order valence-electron chi connectivity index (χ1n) is 6.82. The van der Waals surface area contributed by atoms with Crippen LogP contribution in [0.2, 0.25) is 0 Å². The quantitative estimate of drug-likeness (QED) is 0.922. The van der Waals surface area contributed by atoms with E-state index in [1.165, 1.54) is 0 Å². The van der Waals surface area contributed by atoms with Crippen LogP contribution in [0.25, 0.3) is 5.69 Å². The van der Waals surface area contributed by atoms with Gasteiger partial charge in [0.05, 0.1) is 6.10 Å². The molecule has 0 aliphatic carbocycles. The van der Waals surface area contributed by atoms with E-state index in [0.29, 0.717) is 12.2 Å². The van der Waals surface area contributed by atoms with Gasteiger partial charge in [-0.1, -0.05) is 18.2 Å². The topological polar surface area (TPSA) is 56.1 Å². The molecule has 5 nitrogen and oxygen atoms in total. The number of amides is 1. The molecule has 0 saturated carbocycles. The van der Waals surface area contributed by atoms with Gasteiger partial charge in [0, 0.05) is 25.0 Å². The number of para-hydroxylation sites is 1. The highest BCUT2D eigenvalue weighted by atomic mass is 16.5. The Kier molecular flexibility index (Phi) is 3.78. The second-order valence-corrected chi connectivity index (χ2v) is 4.85. The van der Waals surface area contributed by atoms with Gasteiger partial charge in [0.1, 0.15) is 12.0 Å². The van der Waals surface area contributed by atoms with E-state index >= 15 is 0 Å². The monoisotopic (exact) mass is 271 g/mol. The Morgan fingerprint density at radius 2 is 2.25 bits per heavy atom. The summed E-state index contributed by atoms with van der Waals surface area (Å²) in [6, 6.07) is 9.79. The van der Waals surface area contributed by atoms with Crippen LogP contribution in [0, 0.1) is 0 Å². The predicted molar refractivity (Wildman–Crippen MR) is 74.9 cm³/mol. The van der Waals surface area contributed by atoms with Crippen molar-refractivity contribution in [2.45, 2.75) is 18.9 Å². The summed E-state index contributed by atoms with van der Waals surface area (Å²) in [5.74, 6) is -0.157. The molecule has 1 saturated heterocycles. The van der Waals surface area contributed by atoms with Crippen molar-refractivity contribution < 1.29 is 9.53 Å². The lowest BCUT2D eigenvalue weighted by molar-refractivity contribution is 0.0854. The highest BCUT2D eigenvalue weighted by molar-refractivity contribution is 5.92. The summed E-state index contributed by atoms with van der Waals surface area (Å²) in [5, 5.41) is 2.87. The molecule has 0 bridgehead atoms. The Morgan fingerprint density at radius 1 is 1.40 bits per heavy atom. The molecule has 1 N–H and O–H groups in total. The third-order valence-corrected chi connectivity index (χ3v) is 3.38. The molecule has 1 aliphatic heterocycles. The number of hydrogen-bond donors (Lipinski definition) is 1. The summed E-state index contributed by atoms with van der Waals surface area (Å²) in [6.07, 6.45) is 5.62. The number of rotatable bonds is 4. The minimum absolute atomic E-state index is 0.148. The average Bonchev–Trinajstić information content (AvgIpc) is 3.17. The van der Waals surface area contributed by atoms with Crippen molar-refractivity contribution in [3.8, 4) is 5.69 Å². The van der Waals surface area contributed by atoms with E-state index in [1.54, 1.807) is 12.5 Å². The van der Waals surface area contributed by atoms with Crippen molar-refractivity contribution in [1.29, 1.82) is 0 Å². The maximum atomic E-state index is 12.0. The molecule has 104 valence electrons.